The molecule has 4 rings (SSSR count). The summed E-state index contributed by atoms with van der Waals surface area (Å²) in [6, 6.07) is 12.0. The molecule has 3 aromatic rings. The van der Waals surface area contributed by atoms with Crippen LogP contribution in [0.25, 0.3) is 22.0 Å². The molecule has 0 bridgehead atoms. The number of rotatable bonds is 3. The Hall–Kier alpha value is -2.95. The summed E-state index contributed by atoms with van der Waals surface area (Å²) in [6.07, 6.45) is 0.889. The molecule has 0 aliphatic carbocycles. The Bertz CT molecular complexity index is 982. The van der Waals surface area contributed by atoms with Crippen molar-refractivity contribution in [2.24, 2.45) is 0 Å². The molecule has 0 spiro atoms. The van der Waals surface area contributed by atoms with E-state index in [0.29, 0.717) is 24.3 Å². The largest absolute Gasteiger partial charge is 0.397 e. The van der Waals surface area contributed by atoms with Gasteiger partial charge in [0, 0.05) is 17.5 Å². The van der Waals surface area contributed by atoms with Gasteiger partial charge in [-0.25, -0.2) is 9.37 Å². The molecule has 2 aromatic carbocycles. The lowest BCUT2D eigenvalue weighted by molar-refractivity contribution is 0.0779. The molecule has 25 heavy (non-hydrogen) atoms. The molecule has 0 atom stereocenters. The first-order chi connectivity index (χ1) is 12.1. The lowest BCUT2D eigenvalue weighted by Gasteiger charge is -2.13. The number of para-hydroxylation sites is 1. The van der Waals surface area contributed by atoms with Crippen LogP contribution in [0.3, 0.4) is 0 Å². The van der Waals surface area contributed by atoms with Crippen LogP contribution in [0.4, 0.5) is 10.1 Å². The Balaban J connectivity index is 1.93. The minimum atomic E-state index is -0.279. The summed E-state index contributed by atoms with van der Waals surface area (Å²) in [5.74, 6) is -0.325. The molecule has 5 heteroatoms. The molecule has 2 heterocycles. The first kappa shape index (κ1) is 15.6. The molecular formula is C20H18FN3O. The van der Waals surface area contributed by atoms with E-state index in [-0.39, 0.29) is 11.7 Å². The SMILES string of the molecule is CCCN1Cc2nc3c(-c4ccc(F)cc4)cccc3c(N)c2C1=O. The number of hydrogen-bond acceptors (Lipinski definition) is 3. The van der Waals surface area contributed by atoms with Gasteiger partial charge in [-0.15, -0.1) is 0 Å². The van der Waals surface area contributed by atoms with Crippen LogP contribution in [0, 0.1) is 5.82 Å². The van der Waals surface area contributed by atoms with Crippen LogP contribution >= 0.6 is 0 Å². The molecule has 0 fully saturated rings. The average molecular weight is 335 g/mol. The number of hydrogen-bond donors (Lipinski definition) is 1. The van der Waals surface area contributed by atoms with Gasteiger partial charge >= 0.3 is 0 Å². The second-order valence-corrected chi connectivity index (χ2v) is 6.28. The predicted octanol–water partition coefficient (Wildman–Crippen LogP) is 3.99. The van der Waals surface area contributed by atoms with Gasteiger partial charge in [0.2, 0.25) is 0 Å². The van der Waals surface area contributed by atoms with E-state index in [9.17, 15) is 9.18 Å². The fraction of sp³-hybridized carbons (Fsp3) is 0.200. The molecule has 0 radical (unpaired) electrons. The van der Waals surface area contributed by atoms with E-state index < -0.39 is 0 Å². The molecule has 0 unspecified atom stereocenters. The molecule has 2 N–H and O–H groups in total. The minimum absolute atomic E-state index is 0.0454. The molecule has 0 saturated carbocycles. The van der Waals surface area contributed by atoms with Crippen molar-refractivity contribution in [3.63, 3.8) is 0 Å². The Labute approximate surface area is 145 Å². The van der Waals surface area contributed by atoms with Crippen molar-refractivity contribution in [3.05, 3.63) is 59.5 Å². The van der Waals surface area contributed by atoms with Crippen LogP contribution in [-0.4, -0.2) is 22.3 Å². The van der Waals surface area contributed by atoms with Crippen molar-refractivity contribution < 1.29 is 9.18 Å². The lowest BCUT2D eigenvalue weighted by Crippen LogP contribution is -2.24. The smallest absolute Gasteiger partial charge is 0.258 e. The van der Waals surface area contributed by atoms with Crippen LogP contribution in [-0.2, 0) is 6.54 Å². The van der Waals surface area contributed by atoms with Gasteiger partial charge in [-0.1, -0.05) is 37.3 Å². The maximum Gasteiger partial charge on any atom is 0.258 e. The third-order valence-corrected chi connectivity index (χ3v) is 4.62. The highest BCUT2D eigenvalue weighted by Crippen LogP contribution is 2.36. The van der Waals surface area contributed by atoms with Crippen LogP contribution in [0.5, 0.6) is 0 Å². The number of nitrogen functional groups attached to an aromatic ring is 1. The number of amides is 1. The number of nitrogens with zero attached hydrogens (tertiary/aromatic N) is 2. The summed E-state index contributed by atoms with van der Waals surface area (Å²) in [4.78, 5) is 19.2. The molecule has 1 aromatic heterocycles. The van der Waals surface area contributed by atoms with Gasteiger partial charge < -0.3 is 10.6 Å². The van der Waals surface area contributed by atoms with E-state index in [2.05, 4.69) is 0 Å². The topological polar surface area (TPSA) is 59.2 Å². The second kappa shape index (κ2) is 5.84. The number of carbonyl (C=O) groups excluding carboxylic acids is 1. The van der Waals surface area contributed by atoms with Gasteiger partial charge in [0.25, 0.3) is 5.91 Å². The zero-order valence-electron chi connectivity index (χ0n) is 13.9. The average Bonchev–Trinajstić information content (AvgIpc) is 2.92. The van der Waals surface area contributed by atoms with E-state index in [1.807, 2.05) is 25.1 Å². The highest BCUT2D eigenvalue weighted by atomic mass is 19.1. The number of pyridine rings is 1. The summed E-state index contributed by atoms with van der Waals surface area (Å²) in [5.41, 5.74) is 10.6. The Morgan fingerprint density at radius 3 is 2.68 bits per heavy atom. The monoisotopic (exact) mass is 335 g/mol. The van der Waals surface area contributed by atoms with Crippen molar-refractivity contribution in [2.75, 3.05) is 12.3 Å². The van der Waals surface area contributed by atoms with E-state index in [1.165, 1.54) is 12.1 Å². The maximum absolute atomic E-state index is 13.2. The zero-order valence-corrected chi connectivity index (χ0v) is 13.9. The Morgan fingerprint density at radius 1 is 1.20 bits per heavy atom. The van der Waals surface area contributed by atoms with Crippen LogP contribution in [0.15, 0.2) is 42.5 Å². The fourth-order valence-corrected chi connectivity index (χ4v) is 3.44. The number of anilines is 1. The highest BCUT2D eigenvalue weighted by molar-refractivity contribution is 6.11. The Morgan fingerprint density at radius 2 is 1.96 bits per heavy atom. The number of benzene rings is 2. The van der Waals surface area contributed by atoms with Crippen LogP contribution in [0.1, 0.15) is 29.4 Å². The lowest BCUT2D eigenvalue weighted by atomic mass is 9.99. The Kier molecular flexibility index (Phi) is 3.64. The van der Waals surface area contributed by atoms with Crippen molar-refractivity contribution in [3.8, 4) is 11.1 Å². The van der Waals surface area contributed by atoms with Gasteiger partial charge in [-0.05, 0) is 24.1 Å². The van der Waals surface area contributed by atoms with Crippen molar-refractivity contribution in [1.82, 2.24) is 9.88 Å². The van der Waals surface area contributed by atoms with E-state index >= 15 is 0 Å². The number of fused-ring (bicyclic) bond motifs is 2. The molecule has 1 aliphatic rings. The van der Waals surface area contributed by atoms with Gasteiger partial charge in [0.1, 0.15) is 5.82 Å². The van der Waals surface area contributed by atoms with Crippen molar-refractivity contribution >= 4 is 22.5 Å². The molecular weight excluding hydrogens is 317 g/mol. The molecule has 1 aliphatic heterocycles. The first-order valence-electron chi connectivity index (χ1n) is 8.36. The normalized spacial score (nSPS) is 13.5. The summed E-state index contributed by atoms with van der Waals surface area (Å²) < 4.78 is 13.2. The van der Waals surface area contributed by atoms with Crippen molar-refractivity contribution in [2.45, 2.75) is 19.9 Å². The van der Waals surface area contributed by atoms with E-state index in [1.54, 1.807) is 17.0 Å². The minimum Gasteiger partial charge on any atom is -0.397 e. The van der Waals surface area contributed by atoms with E-state index in [0.717, 1.165) is 34.1 Å². The molecule has 126 valence electrons. The van der Waals surface area contributed by atoms with E-state index in [4.69, 9.17) is 10.7 Å². The summed E-state index contributed by atoms with van der Waals surface area (Å²) in [7, 11) is 0. The molecule has 1 amide bonds. The standard InChI is InChI=1S/C20H18FN3O/c1-2-10-24-11-16-17(20(24)25)18(22)15-5-3-4-14(19(15)23-16)12-6-8-13(21)9-7-12/h3-9H,2,10-11H2,1H3,(H2,22,23). The van der Waals surface area contributed by atoms with Crippen LogP contribution < -0.4 is 5.73 Å². The van der Waals surface area contributed by atoms with Crippen LogP contribution in [0.2, 0.25) is 0 Å². The first-order valence-corrected chi connectivity index (χ1v) is 8.36. The number of nitrogens with two attached hydrogens (primary N) is 1. The highest BCUT2D eigenvalue weighted by Gasteiger charge is 2.31. The molecule has 4 nitrogen and oxygen atoms in total. The summed E-state index contributed by atoms with van der Waals surface area (Å²) in [6.45, 7) is 3.21. The zero-order chi connectivity index (χ0) is 17.6. The summed E-state index contributed by atoms with van der Waals surface area (Å²) in [5, 5.41) is 0.757. The van der Waals surface area contributed by atoms with Gasteiger partial charge in [-0.2, -0.15) is 0 Å². The van der Waals surface area contributed by atoms with Gasteiger partial charge in [-0.3, -0.25) is 4.79 Å². The second-order valence-electron chi connectivity index (χ2n) is 6.28. The third kappa shape index (κ3) is 2.43. The van der Waals surface area contributed by atoms with Crippen molar-refractivity contribution in [1.29, 1.82) is 0 Å². The number of halogens is 1. The van der Waals surface area contributed by atoms with Gasteiger partial charge in [0.05, 0.1) is 29.0 Å². The summed E-state index contributed by atoms with van der Waals surface area (Å²) >= 11 is 0. The third-order valence-electron chi connectivity index (χ3n) is 4.62. The fourth-order valence-electron chi connectivity index (χ4n) is 3.44. The quantitative estimate of drug-likeness (QED) is 0.787. The number of carbonyl (C=O) groups is 1. The predicted molar refractivity (Wildman–Crippen MR) is 96.6 cm³/mol. The maximum atomic E-state index is 13.2. The molecule has 0 saturated heterocycles. The van der Waals surface area contributed by atoms with Gasteiger partial charge in [0.15, 0.2) is 0 Å². The number of aromatic nitrogens is 1.